The molecule has 0 spiro atoms. The topological polar surface area (TPSA) is 59.9 Å². The summed E-state index contributed by atoms with van der Waals surface area (Å²) in [7, 11) is 0. The third kappa shape index (κ3) is 5.98. The molecule has 1 aliphatic rings. The van der Waals surface area contributed by atoms with Gasteiger partial charge >= 0.3 is 0 Å². The minimum atomic E-state index is -0.460. The number of halogens is 1. The molecule has 23 heavy (non-hydrogen) atoms. The van der Waals surface area contributed by atoms with Crippen LogP contribution in [0.1, 0.15) is 37.0 Å². The normalized spacial score (nSPS) is 18.3. The van der Waals surface area contributed by atoms with Crippen LogP contribution in [0.15, 0.2) is 29.3 Å². The lowest BCUT2D eigenvalue weighted by atomic mass is 10.2. The van der Waals surface area contributed by atoms with Crippen molar-refractivity contribution in [3.8, 4) is 0 Å². The van der Waals surface area contributed by atoms with Gasteiger partial charge in [0.05, 0.1) is 19.3 Å². The zero-order chi connectivity index (χ0) is 16.7. The maximum atomic E-state index is 13.2. The van der Waals surface area contributed by atoms with Gasteiger partial charge in [0, 0.05) is 12.2 Å². The lowest BCUT2D eigenvalue weighted by Gasteiger charge is -2.13. The number of nitrogens with zero attached hydrogens (tertiary/aromatic N) is 1. The van der Waals surface area contributed by atoms with Crippen LogP contribution in [-0.4, -0.2) is 37.8 Å². The molecule has 0 saturated carbocycles. The van der Waals surface area contributed by atoms with Crippen LogP contribution in [-0.2, 0) is 9.47 Å². The molecule has 0 aromatic heterocycles. The van der Waals surface area contributed by atoms with E-state index in [4.69, 9.17) is 9.47 Å². The Balaban J connectivity index is 2.00. The zero-order valence-corrected chi connectivity index (χ0v) is 13.5. The molecule has 0 bridgehead atoms. The largest absolute Gasteiger partial charge is 0.465 e. The molecule has 1 amide bonds. The Labute approximate surface area is 135 Å². The third-order valence-electron chi connectivity index (χ3n) is 3.32. The second-order valence-electron chi connectivity index (χ2n) is 5.95. The van der Waals surface area contributed by atoms with E-state index in [9.17, 15) is 9.18 Å². The standard InChI is InChI=1S/C17H23FN2O3/c1-12(2)11-23-17(19-10-15-7-4-8-22-15)20-16(21)13-5-3-6-14(18)9-13/h3,5-6,9,12,15H,4,7-8,10-11H2,1-2H3,(H,19,20,21)/t15-/m0/s1. The van der Waals surface area contributed by atoms with Crippen molar-refractivity contribution in [1.29, 1.82) is 0 Å². The Bertz CT molecular complexity index is 555. The summed E-state index contributed by atoms with van der Waals surface area (Å²) in [6.45, 7) is 5.64. The van der Waals surface area contributed by atoms with Crippen molar-refractivity contribution in [1.82, 2.24) is 5.32 Å². The second kappa shape index (κ2) is 8.62. The lowest BCUT2D eigenvalue weighted by Crippen LogP contribution is -2.34. The minimum Gasteiger partial charge on any atom is -0.465 e. The SMILES string of the molecule is CC(C)COC(=NC[C@@H]1CCCO1)NC(=O)c1cccc(F)c1. The minimum absolute atomic E-state index is 0.0683. The number of ether oxygens (including phenoxy) is 2. The van der Waals surface area contributed by atoms with Gasteiger partial charge < -0.3 is 9.47 Å². The predicted molar refractivity (Wildman–Crippen MR) is 85.9 cm³/mol. The average molecular weight is 322 g/mol. The van der Waals surface area contributed by atoms with E-state index in [1.54, 1.807) is 6.07 Å². The number of hydrogen-bond acceptors (Lipinski definition) is 4. The number of amidine groups is 1. The molecule has 2 rings (SSSR count). The van der Waals surface area contributed by atoms with Crippen molar-refractivity contribution >= 4 is 11.9 Å². The van der Waals surface area contributed by atoms with Crippen LogP contribution in [0.2, 0.25) is 0 Å². The van der Waals surface area contributed by atoms with E-state index in [0.717, 1.165) is 19.4 Å². The molecule has 0 unspecified atom stereocenters. The predicted octanol–water partition coefficient (Wildman–Crippen LogP) is 2.76. The van der Waals surface area contributed by atoms with Gasteiger partial charge in [0.15, 0.2) is 0 Å². The summed E-state index contributed by atoms with van der Waals surface area (Å²) in [5.41, 5.74) is 0.225. The highest BCUT2D eigenvalue weighted by Gasteiger charge is 2.16. The van der Waals surface area contributed by atoms with E-state index in [2.05, 4.69) is 10.3 Å². The molecule has 1 saturated heterocycles. The number of hydrogen-bond donors (Lipinski definition) is 1. The molecule has 1 aliphatic heterocycles. The molecule has 1 heterocycles. The molecule has 1 atom stereocenters. The number of carbonyl (C=O) groups is 1. The first-order valence-electron chi connectivity index (χ1n) is 7.90. The number of amides is 1. The number of nitrogens with one attached hydrogen (secondary N) is 1. The van der Waals surface area contributed by atoms with Crippen LogP contribution in [0.4, 0.5) is 4.39 Å². The van der Waals surface area contributed by atoms with Gasteiger partial charge in [-0.3, -0.25) is 10.1 Å². The number of aliphatic imine (C=N–C) groups is 1. The van der Waals surface area contributed by atoms with Gasteiger partial charge in [-0.25, -0.2) is 9.38 Å². The first kappa shape index (κ1) is 17.4. The molecule has 0 radical (unpaired) electrons. The number of benzene rings is 1. The fourth-order valence-corrected chi connectivity index (χ4v) is 2.14. The average Bonchev–Trinajstić information content (AvgIpc) is 3.03. The van der Waals surface area contributed by atoms with E-state index >= 15 is 0 Å². The van der Waals surface area contributed by atoms with Crippen molar-refractivity contribution in [2.45, 2.75) is 32.8 Å². The maximum Gasteiger partial charge on any atom is 0.291 e. The van der Waals surface area contributed by atoms with E-state index in [0.29, 0.717) is 19.1 Å². The van der Waals surface area contributed by atoms with Gasteiger partial charge in [-0.15, -0.1) is 0 Å². The van der Waals surface area contributed by atoms with Crippen molar-refractivity contribution in [2.24, 2.45) is 10.9 Å². The fraction of sp³-hybridized carbons (Fsp3) is 0.529. The molecular formula is C17H23FN2O3. The van der Waals surface area contributed by atoms with Gasteiger partial charge in [0.1, 0.15) is 5.82 Å². The van der Waals surface area contributed by atoms with Gasteiger partial charge in [0.2, 0.25) is 0 Å². The van der Waals surface area contributed by atoms with E-state index in [1.807, 2.05) is 13.8 Å². The quantitative estimate of drug-likeness (QED) is 0.670. The van der Waals surface area contributed by atoms with Crippen LogP contribution >= 0.6 is 0 Å². The highest BCUT2D eigenvalue weighted by molar-refractivity contribution is 6.04. The molecule has 1 aromatic carbocycles. The third-order valence-corrected chi connectivity index (χ3v) is 3.32. The molecular weight excluding hydrogens is 299 g/mol. The molecule has 5 nitrogen and oxygen atoms in total. The summed E-state index contributed by atoms with van der Waals surface area (Å²) in [5.74, 6) is -0.605. The second-order valence-corrected chi connectivity index (χ2v) is 5.95. The molecule has 1 N–H and O–H groups in total. The van der Waals surface area contributed by atoms with Gasteiger partial charge in [0.25, 0.3) is 11.9 Å². The summed E-state index contributed by atoms with van der Waals surface area (Å²) >= 11 is 0. The molecule has 1 fully saturated rings. The lowest BCUT2D eigenvalue weighted by molar-refractivity contribution is 0.0959. The Kier molecular flexibility index (Phi) is 6.52. The highest BCUT2D eigenvalue weighted by atomic mass is 19.1. The zero-order valence-electron chi connectivity index (χ0n) is 13.5. The van der Waals surface area contributed by atoms with Crippen LogP contribution in [0.25, 0.3) is 0 Å². The molecule has 126 valence electrons. The first-order valence-corrected chi connectivity index (χ1v) is 7.90. The smallest absolute Gasteiger partial charge is 0.291 e. The summed E-state index contributed by atoms with van der Waals surface area (Å²) in [4.78, 5) is 16.5. The number of rotatable bonds is 5. The Hall–Kier alpha value is -1.95. The molecule has 6 heteroatoms. The first-order chi connectivity index (χ1) is 11.0. The fourth-order valence-electron chi connectivity index (χ4n) is 2.14. The summed E-state index contributed by atoms with van der Waals surface area (Å²) in [6.07, 6.45) is 2.05. The Morgan fingerprint density at radius 1 is 1.52 bits per heavy atom. The van der Waals surface area contributed by atoms with Crippen LogP contribution in [0, 0.1) is 11.7 Å². The van der Waals surface area contributed by atoms with E-state index in [-0.39, 0.29) is 17.7 Å². The van der Waals surface area contributed by atoms with Crippen LogP contribution in [0.5, 0.6) is 0 Å². The van der Waals surface area contributed by atoms with Crippen molar-refractivity contribution in [3.05, 3.63) is 35.6 Å². The molecule has 1 aromatic rings. The maximum absolute atomic E-state index is 13.2. The van der Waals surface area contributed by atoms with Gasteiger partial charge in [-0.2, -0.15) is 0 Å². The summed E-state index contributed by atoms with van der Waals surface area (Å²) in [6, 6.07) is 5.65. The van der Waals surface area contributed by atoms with Crippen LogP contribution in [0.3, 0.4) is 0 Å². The van der Waals surface area contributed by atoms with Crippen LogP contribution < -0.4 is 5.32 Å². The van der Waals surface area contributed by atoms with Crippen molar-refractivity contribution in [2.75, 3.05) is 19.8 Å². The highest BCUT2D eigenvalue weighted by Crippen LogP contribution is 2.12. The molecule has 0 aliphatic carbocycles. The summed E-state index contributed by atoms with van der Waals surface area (Å²) in [5, 5.41) is 2.61. The monoisotopic (exact) mass is 322 g/mol. The Morgan fingerprint density at radius 2 is 2.35 bits per heavy atom. The summed E-state index contributed by atoms with van der Waals surface area (Å²) < 4.78 is 24.3. The Morgan fingerprint density at radius 3 is 3.00 bits per heavy atom. The number of carbonyl (C=O) groups excluding carboxylic acids is 1. The van der Waals surface area contributed by atoms with Gasteiger partial charge in [-0.1, -0.05) is 19.9 Å². The van der Waals surface area contributed by atoms with E-state index < -0.39 is 11.7 Å². The van der Waals surface area contributed by atoms with Gasteiger partial charge in [-0.05, 0) is 37.0 Å². The van der Waals surface area contributed by atoms with E-state index in [1.165, 1.54) is 18.2 Å². The van der Waals surface area contributed by atoms with Crippen molar-refractivity contribution in [3.63, 3.8) is 0 Å². The van der Waals surface area contributed by atoms with Crippen molar-refractivity contribution < 1.29 is 18.7 Å².